The highest BCUT2D eigenvalue weighted by atomic mass is 35.5. The number of nitrogens with zero attached hydrogens (tertiary/aromatic N) is 4. The van der Waals surface area contributed by atoms with E-state index >= 15 is 0 Å². The van der Waals surface area contributed by atoms with Crippen LogP contribution in [0.5, 0.6) is 17.2 Å². The number of benzene rings is 1. The van der Waals surface area contributed by atoms with Crippen molar-refractivity contribution in [1.82, 2.24) is 15.3 Å². The van der Waals surface area contributed by atoms with Crippen LogP contribution in [-0.4, -0.2) is 62.4 Å². The zero-order valence-corrected chi connectivity index (χ0v) is 23.1. The first-order chi connectivity index (χ1) is 18.2. The lowest BCUT2D eigenvalue weighted by Gasteiger charge is -2.36. The number of rotatable bonds is 8. The Morgan fingerprint density at radius 1 is 1.08 bits per heavy atom. The summed E-state index contributed by atoms with van der Waals surface area (Å²) in [5, 5.41) is 6.52. The molecule has 0 spiro atoms. The van der Waals surface area contributed by atoms with Gasteiger partial charge in [0.25, 0.3) is 0 Å². The Morgan fingerprint density at radius 3 is 2.26 bits per heavy atom. The van der Waals surface area contributed by atoms with Gasteiger partial charge in [0.05, 0.1) is 33.6 Å². The Labute approximate surface area is 231 Å². The van der Waals surface area contributed by atoms with Gasteiger partial charge in [-0.1, -0.05) is 42.6 Å². The highest BCUT2D eigenvalue weighted by Crippen LogP contribution is 2.54. The number of nitrogens with one attached hydrogen (secondary N) is 2. The lowest BCUT2D eigenvalue weighted by molar-refractivity contribution is -0.117. The molecule has 38 heavy (non-hydrogen) atoms. The van der Waals surface area contributed by atoms with E-state index in [2.05, 4.69) is 27.2 Å². The number of ether oxygens (including phenoxy) is 3. The predicted octanol–water partition coefficient (Wildman–Crippen LogP) is 4.41. The summed E-state index contributed by atoms with van der Waals surface area (Å²) < 4.78 is 16.3. The molecule has 1 saturated carbocycles. The number of anilines is 3. The molecule has 204 valence electrons. The Hall–Kier alpha value is -3.44. The third-order valence-corrected chi connectivity index (χ3v) is 7.41. The van der Waals surface area contributed by atoms with Gasteiger partial charge < -0.3 is 24.8 Å². The van der Waals surface area contributed by atoms with Gasteiger partial charge in [-0.3, -0.25) is 14.6 Å². The largest absolute Gasteiger partial charge is 0.491 e. The first-order valence-electron chi connectivity index (χ1n) is 12.0. The number of urea groups is 1. The minimum atomic E-state index is -0.408. The summed E-state index contributed by atoms with van der Waals surface area (Å²) in [6.07, 6.45) is 6.65. The maximum absolute atomic E-state index is 13.5. The lowest BCUT2D eigenvalue weighted by Crippen LogP contribution is -2.48. The smallest absolute Gasteiger partial charge is 0.330 e. The molecule has 0 saturated heterocycles. The molecular weight excluding hydrogens is 535 g/mol. The highest BCUT2D eigenvalue weighted by Gasteiger charge is 2.37. The second kappa shape index (κ2) is 11.5. The summed E-state index contributed by atoms with van der Waals surface area (Å²) in [6, 6.07) is -0.536. The summed E-state index contributed by atoms with van der Waals surface area (Å²) in [5.41, 5.74) is 0.897. The molecule has 0 unspecified atom stereocenters. The van der Waals surface area contributed by atoms with E-state index in [0.29, 0.717) is 17.3 Å². The van der Waals surface area contributed by atoms with Crippen molar-refractivity contribution in [3.63, 3.8) is 0 Å². The summed E-state index contributed by atoms with van der Waals surface area (Å²) >= 11 is 13.3. The molecule has 1 aromatic heterocycles. The average Bonchev–Trinajstić information content (AvgIpc) is 2.92. The molecule has 1 aliphatic heterocycles. The number of carbonyl (C=O) groups is 2. The highest BCUT2D eigenvalue weighted by molar-refractivity contribution is 6.42. The molecule has 2 heterocycles. The average molecular weight is 565 g/mol. The molecule has 2 aliphatic rings. The van der Waals surface area contributed by atoms with Gasteiger partial charge in [-0.25, -0.2) is 9.78 Å². The molecule has 2 aromatic rings. The second-order valence-corrected chi connectivity index (χ2v) is 9.66. The van der Waals surface area contributed by atoms with Crippen molar-refractivity contribution in [3.05, 3.63) is 34.5 Å². The van der Waals surface area contributed by atoms with E-state index in [0.717, 1.165) is 25.7 Å². The van der Waals surface area contributed by atoms with E-state index in [1.54, 1.807) is 13.2 Å². The fraction of sp³-hybridized carbons (Fsp3) is 0.440. The van der Waals surface area contributed by atoms with Crippen molar-refractivity contribution in [2.75, 3.05) is 43.5 Å². The van der Waals surface area contributed by atoms with Crippen LogP contribution in [0, 0.1) is 0 Å². The van der Waals surface area contributed by atoms with Gasteiger partial charge in [0.2, 0.25) is 17.6 Å². The Bertz CT molecular complexity index is 1230. The van der Waals surface area contributed by atoms with Gasteiger partial charge >= 0.3 is 6.03 Å². The van der Waals surface area contributed by atoms with E-state index in [-0.39, 0.29) is 57.5 Å². The van der Waals surface area contributed by atoms with Crippen LogP contribution in [-0.2, 0) is 11.3 Å². The summed E-state index contributed by atoms with van der Waals surface area (Å²) in [4.78, 5) is 37.4. The number of fused-ring (bicyclic) bond motifs is 1. The standard InChI is InChI=1S/C25H30Cl2N6O5/c1-6-16(34)29-14-9-7-8-10-15(14)30-24-28-11-13-12-33(25(35)32(2)23(13)31-24)19-17(26)20(36-3)22(38-5)21(37-4)18(19)27/h6,11,14-15H,1,7-10,12H2,2-5H3,(H,29,34)(H,28,30,31)/t14-,15+/m0/s1. The third kappa shape index (κ3) is 5.00. The number of carbonyl (C=O) groups excluding carboxylic acids is 2. The molecule has 1 aliphatic carbocycles. The molecule has 2 N–H and O–H groups in total. The fourth-order valence-electron chi connectivity index (χ4n) is 4.84. The normalized spacial score (nSPS) is 18.9. The van der Waals surface area contributed by atoms with E-state index in [1.165, 1.54) is 37.2 Å². The van der Waals surface area contributed by atoms with Crippen molar-refractivity contribution in [3.8, 4) is 17.2 Å². The fourth-order valence-corrected chi connectivity index (χ4v) is 5.61. The number of hydrogen-bond acceptors (Lipinski definition) is 8. The molecule has 1 fully saturated rings. The lowest BCUT2D eigenvalue weighted by atomic mass is 9.90. The van der Waals surface area contributed by atoms with Crippen molar-refractivity contribution in [2.45, 2.75) is 44.3 Å². The zero-order chi connectivity index (χ0) is 27.6. The van der Waals surface area contributed by atoms with Gasteiger partial charge in [0.15, 0.2) is 11.5 Å². The zero-order valence-electron chi connectivity index (χ0n) is 21.6. The van der Waals surface area contributed by atoms with Crippen LogP contribution in [0.25, 0.3) is 0 Å². The Balaban J connectivity index is 1.65. The SMILES string of the molecule is C=CC(=O)N[C@H]1CCCC[C@H]1Nc1ncc2c(n1)N(C)C(=O)N(c1c(Cl)c(OC)c(OC)c(OC)c1Cl)C2. The Kier molecular flexibility index (Phi) is 8.37. The van der Waals surface area contributed by atoms with E-state index in [9.17, 15) is 9.59 Å². The molecular formula is C25H30Cl2N6O5. The van der Waals surface area contributed by atoms with Gasteiger partial charge in [-0.05, 0) is 18.9 Å². The number of amides is 3. The number of methoxy groups -OCH3 is 3. The number of aromatic nitrogens is 2. The molecule has 2 atom stereocenters. The first-order valence-corrected chi connectivity index (χ1v) is 12.8. The molecule has 0 bridgehead atoms. The van der Waals surface area contributed by atoms with Crippen LogP contribution in [0.4, 0.5) is 22.2 Å². The molecule has 1 aromatic carbocycles. The maximum atomic E-state index is 13.5. The molecule has 13 heteroatoms. The second-order valence-electron chi connectivity index (χ2n) is 8.90. The molecule has 4 rings (SSSR count). The quantitative estimate of drug-likeness (QED) is 0.452. The molecule has 0 radical (unpaired) electrons. The Morgan fingerprint density at radius 2 is 1.68 bits per heavy atom. The van der Waals surface area contributed by atoms with Gasteiger partial charge in [-0.15, -0.1) is 0 Å². The van der Waals surface area contributed by atoms with Crippen LogP contribution < -0.4 is 34.6 Å². The van der Waals surface area contributed by atoms with Crippen LogP contribution in [0.15, 0.2) is 18.9 Å². The predicted molar refractivity (Wildman–Crippen MR) is 146 cm³/mol. The van der Waals surface area contributed by atoms with Gasteiger partial charge in [-0.2, -0.15) is 4.98 Å². The minimum Gasteiger partial charge on any atom is -0.491 e. The van der Waals surface area contributed by atoms with Crippen molar-refractivity contribution in [2.24, 2.45) is 0 Å². The number of hydrogen-bond donors (Lipinski definition) is 2. The van der Waals surface area contributed by atoms with Crippen LogP contribution in [0.2, 0.25) is 10.0 Å². The van der Waals surface area contributed by atoms with Crippen LogP contribution in [0.3, 0.4) is 0 Å². The van der Waals surface area contributed by atoms with Crippen molar-refractivity contribution < 1.29 is 23.8 Å². The minimum absolute atomic E-state index is 0.0522. The molecule has 11 nitrogen and oxygen atoms in total. The van der Waals surface area contributed by atoms with Crippen LogP contribution in [0.1, 0.15) is 31.2 Å². The van der Waals surface area contributed by atoms with E-state index in [4.69, 9.17) is 37.4 Å². The molecule has 3 amide bonds. The topological polar surface area (TPSA) is 118 Å². The monoisotopic (exact) mass is 564 g/mol. The van der Waals surface area contributed by atoms with Crippen molar-refractivity contribution >= 4 is 52.6 Å². The summed E-state index contributed by atoms with van der Waals surface area (Å²) in [7, 11) is 5.91. The van der Waals surface area contributed by atoms with E-state index in [1.807, 2.05) is 0 Å². The maximum Gasteiger partial charge on any atom is 0.330 e. The summed E-state index contributed by atoms with van der Waals surface area (Å²) in [5.74, 6) is 1.19. The van der Waals surface area contributed by atoms with Gasteiger partial charge in [0.1, 0.15) is 15.9 Å². The van der Waals surface area contributed by atoms with Gasteiger partial charge in [0, 0.05) is 30.9 Å². The summed E-state index contributed by atoms with van der Waals surface area (Å²) in [6.45, 7) is 3.64. The van der Waals surface area contributed by atoms with Crippen LogP contribution >= 0.6 is 23.2 Å². The number of halogens is 2. The van der Waals surface area contributed by atoms with Crippen molar-refractivity contribution in [1.29, 1.82) is 0 Å². The first kappa shape index (κ1) is 27.6. The van der Waals surface area contributed by atoms with E-state index < -0.39 is 6.03 Å². The third-order valence-electron chi connectivity index (χ3n) is 6.71.